The third kappa shape index (κ3) is 8.72. The van der Waals surface area contributed by atoms with Crippen molar-refractivity contribution in [1.29, 1.82) is 0 Å². The number of allylic oxidation sites excluding steroid dienone is 1. The summed E-state index contributed by atoms with van der Waals surface area (Å²) in [7, 11) is 5.22. The van der Waals surface area contributed by atoms with E-state index in [1.807, 2.05) is 25.9 Å². The number of methoxy groups -OCH3 is 1. The summed E-state index contributed by atoms with van der Waals surface area (Å²) >= 11 is 0. The number of aliphatic hydroxyl groups is 1. The predicted molar refractivity (Wildman–Crippen MR) is 159 cm³/mol. The normalized spacial score (nSPS) is 41.7. The van der Waals surface area contributed by atoms with E-state index >= 15 is 0 Å². The zero-order valence-corrected chi connectivity index (χ0v) is 28.0. The Morgan fingerprint density at radius 2 is 1.74 bits per heavy atom. The Morgan fingerprint density at radius 1 is 1.14 bits per heavy atom. The minimum atomic E-state index is -1.64. The van der Waals surface area contributed by atoms with E-state index in [2.05, 4.69) is 0 Å². The fourth-order valence-corrected chi connectivity index (χ4v) is 6.42. The number of hydrogen-bond donors (Lipinski definition) is 1. The van der Waals surface area contributed by atoms with Crippen LogP contribution in [0.4, 0.5) is 0 Å². The Hall–Kier alpha value is -2.18. The molecule has 1 unspecified atom stereocenters. The molecule has 0 aromatic rings. The second-order valence-electron chi connectivity index (χ2n) is 13.0. The molecule has 2 heterocycles. The van der Waals surface area contributed by atoms with Gasteiger partial charge in [0.1, 0.15) is 17.6 Å². The summed E-state index contributed by atoms with van der Waals surface area (Å²) in [4.78, 5) is 54.8. The maximum atomic E-state index is 13.9. The van der Waals surface area contributed by atoms with Gasteiger partial charge in [-0.15, -0.1) is 0 Å². The largest absolute Gasteiger partial charge is 0.458 e. The second-order valence-corrected chi connectivity index (χ2v) is 13.0. The number of ketones is 2. The van der Waals surface area contributed by atoms with Gasteiger partial charge in [-0.05, 0) is 79.6 Å². The molecule has 0 radical (unpaired) electrons. The number of nitrogens with zero attached hydrogens (tertiary/aromatic N) is 1. The van der Waals surface area contributed by atoms with Crippen molar-refractivity contribution in [3.63, 3.8) is 0 Å². The Kier molecular flexibility index (Phi) is 12.7. The third-order valence-electron chi connectivity index (χ3n) is 8.92. The van der Waals surface area contributed by atoms with Crippen LogP contribution >= 0.6 is 0 Å². The summed E-state index contributed by atoms with van der Waals surface area (Å²) in [6.45, 7) is 14.6. The Bertz CT molecular complexity index is 1050. The monoisotopic (exact) mass is 611 g/mol. The first kappa shape index (κ1) is 37.0. The van der Waals surface area contributed by atoms with Gasteiger partial charge >= 0.3 is 11.9 Å². The number of carbonyl (C=O) groups is 4. The van der Waals surface area contributed by atoms with Crippen molar-refractivity contribution < 1.29 is 48.0 Å². The topological polar surface area (TPSA) is 138 Å². The van der Waals surface area contributed by atoms with Gasteiger partial charge in [-0.2, -0.15) is 0 Å². The van der Waals surface area contributed by atoms with Crippen LogP contribution < -0.4 is 0 Å². The number of Topliss-reactive ketones (excluding diaryl/α,β-unsaturated/α-hetero) is 2. The fraction of sp³-hybridized carbons (Fsp3) is 0.812. The van der Waals surface area contributed by atoms with E-state index in [0.29, 0.717) is 12.0 Å². The lowest BCUT2D eigenvalue weighted by Crippen LogP contribution is -2.60. The van der Waals surface area contributed by atoms with E-state index in [9.17, 15) is 24.3 Å². The predicted octanol–water partition coefficient (Wildman–Crippen LogP) is 3.24. The smallest absolute Gasteiger partial charge is 0.316 e. The highest BCUT2D eigenvalue weighted by Crippen LogP contribution is 2.38. The van der Waals surface area contributed by atoms with Crippen molar-refractivity contribution in [2.75, 3.05) is 21.2 Å². The number of ether oxygens (including phenoxy) is 5. The zero-order valence-electron chi connectivity index (χ0n) is 28.0. The van der Waals surface area contributed by atoms with Crippen molar-refractivity contribution in [2.45, 2.75) is 130 Å². The molecule has 2 rings (SSSR count). The van der Waals surface area contributed by atoms with Gasteiger partial charge in [-0.1, -0.05) is 20.8 Å². The molecule has 43 heavy (non-hydrogen) atoms. The highest BCUT2D eigenvalue weighted by molar-refractivity contribution is 6.00. The average molecular weight is 612 g/mol. The number of cyclic esters (lactones) is 1. The third-order valence-corrected chi connectivity index (χ3v) is 8.92. The SMILES string of the molecule is CC[C@H]1OC(=O)[C@H](C)C(=O)[C@H](C)[C@@H](OC2O[C@H](C)C[C@H](N(C)C)[C@H]2OC(C)=O)[C@](C)(OC)C[C@@H](C)C(=O)/C(C)=C/[C@]1(C)O. The van der Waals surface area contributed by atoms with E-state index < -0.39 is 71.3 Å². The van der Waals surface area contributed by atoms with E-state index in [1.54, 1.807) is 34.6 Å². The lowest BCUT2D eigenvalue weighted by atomic mass is 9.77. The first-order chi connectivity index (χ1) is 19.8. The summed E-state index contributed by atoms with van der Waals surface area (Å²) in [6, 6.07) is -0.239. The second kappa shape index (κ2) is 14.7. The fourth-order valence-electron chi connectivity index (χ4n) is 6.42. The molecule has 0 aromatic heterocycles. The van der Waals surface area contributed by atoms with Gasteiger partial charge in [0.2, 0.25) is 0 Å². The molecule has 0 aromatic carbocycles. The molecule has 1 fully saturated rings. The lowest BCUT2D eigenvalue weighted by molar-refractivity contribution is -0.297. The number of rotatable bonds is 6. The van der Waals surface area contributed by atoms with Gasteiger partial charge < -0.3 is 33.7 Å². The molecule has 11 nitrogen and oxygen atoms in total. The van der Waals surface area contributed by atoms with Gasteiger partial charge in [0.05, 0.1) is 23.9 Å². The minimum absolute atomic E-state index is 0.144. The Balaban J connectivity index is 2.68. The number of likely N-dealkylation sites (N-methyl/N-ethyl adjacent to an activating group) is 1. The van der Waals surface area contributed by atoms with Crippen LogP contribution in [0.5, 0.6) is 0 Å². The van der Waals surface area contributed by atoms with Crippen LogP contribution in [0.1, 0.15) is 81.6 Å². The number of carbonyl (C=O) groups excluding carboxylic acids is 4. The van der Waals surface area contributed by atoms with Crippen LogP contribution in [0.15, 0.2) is 11.6 Å². The highest BCUT2D eigenvalue weighted by atomic mass is 16.7. The van der Waals surface area contributed by atoms with Crippen LogP contribution in [-0.4, -0.2) is 103 Å². The molecule has 2 aliphatic heterocycles. The minimum Gasteiger partial charge on any atom is -0.458 e. The van der Waals surface area contributed by atoms with Crippen LogP contribution in [0, 0.1) is 17.8 Å². The maximum absolute atomic E-state index is 13.9. The molecule has 0 amide bonds. The summed E-state index contributed by atoms with van der Waals surface area (Å²) in [5.41, 5.74) is -2.56. The van der Waals surface area contributed by atoms with E-state index in [4.69, 9.17) is 23.7 Å². The molecule has 11 atom stereocenters. The summed E-state index contributed by atoms with van der Waals surface area (Å²) < 4.78 is 30.2. The van der Waals surface area contributed by atoms with Crippen molar-refractivity contribution in [1.82, 2.24) is 4.90 Å². The standard InChI is InChI=1S/C32H53NO10/c1-13-24-31(8,38)15-17(2)25(35)18(3)16-32(9,39-12)28(20(5)26(36)21(6)29(37)42-24)43-30-27(41-22(7)34)23(33(10)11)14-19(4)40-30/h15,18-21,23-24,27-28,30,38H,13-14,16H2,1-12H3/b17-15+/t18-,19-,20+,21-,23+,24-,27-,28-,30?,31+,32-/m1/s1. The molecule has 2 aliphatic rings. The molecular weight excluding hydrogens is 558 g/mol. The van der Waals surface area contributed by atoms with Gasteiger partial charge in [0, 0.05) is 25.9 Å². The average Bonchev–Trinajstić information content (AvgIpc) is 2.92. The summed E-state index contributed by atoms with van der Waals surface area (Å²) in [6.07, 6.45) is -1.76. The van der Waals surface area contributed by atoms with Gasteiger partial charge in [0.15, 0.2) is 24.0 Å². The van der Waals surface area contributed by atoms with Gasteiger partial charge in [0.25, 0.3) is 0 Å². The van der Waals surface area contributed by atoms with Crippen LogP contribution in [-0.2, 0) is 42.9 Å². The molecule has 11 heteroatoms. The van der Waals surface area contributed by atoms with E-state index in [0.717, 1.165) is 0 Å². The van der Waals surface area contributed by atoms with Crippen molar-refractivity contribution in [2.24, 2.45) is 17.8 Å². The van der Waals surface area contributed by atoms with Gasteiger partial charge in [-0.3, -0.25) is 19.2 Å². The summed E-state index contributed by atoms with van der Waals surface area (Å²) in [5, 5.41) is 11.2. The molecule has 1 N–H and O–H groups in total. The van der Waals surface area contributed by atoms with Crippen molar-refractivity contribution >= 4 is 23.5 Å². The number of esters is 2. The molecule has 0 saturated carbocycles. The Labute approximate surface area is 256 Å². The number of hydrogen-bond acceptors (Lipinski definition) is 11. The molecule has 246 valence electrons. The van der Waals surface area contributed by atoms with Crippen molar-refractivity contribution in [3.8, 4) is 0 Å². The maximum Gasteiger partial charge on any atom is 0.316 e. The van der Waals surface area contributed by atoms with Crippen LogP contribution in [0.2, 0.25) is 0 Å². The zero-order chi connectivity index (χ0) is 33.0. The summed E-state index contributed by atoms with van der Waals surface area (Å²) in [5.74, 6) is -4.73. The highest BCUT2D eigenvalue weighted by Gasteiger charge is 2.50. The quantitative estimate of drug-likeness (QED) is 0.350. The lowest BCUT2D eigenvalue weighted by Gasteiger charge is -2.47. The van der Waals surface area contributed by atoms with Gasteiger partial charge in [-0.25, -0.2) is 0 Å². The Morgan fingerprint density at radius 3 is 2.26 bits per heavy atom. The van der Waals surface area contributed by atoms with E-state index in [1.165, 1.54) is 34.0 Å². The first-order valence-electron chi connectivity index (χ1n) is 15.2. The van der Waals surface area contributed by atoms with Crippen LogP contribution in [0.3, 0.4) is 0 Å². The van der Waals surface area contributed by atoms with Crippen LogP contribution in [0.25, 0.3) is 0 Å². The molecule has 1 saturated heterocycles. The van der Waals surface area contributed by atoms with E-state index in [-0.39, 0.29) is 30.8 Å². The van der Waals surface area contributed by atoms with Crippen molar-refractivity contribution in [3.05, 3.63) is 11.6 Å². The molecule has 0 bridgehead atoms. The first-order valence-corrected chi connectivity index (χ1v) is 15.2. The molecule has 0 spiro atoms. The molecule has 0 aliphatic carbocycles. The molecular formula is C32H53NO10.